The number of hydrogen-bond acceptors (Lipinski definition) is 7. The number of methoxy groups -OCH3 is 2. The first-order valence-electron chi connectivity index (χ1n) is 10.5. The van der Waals surface area contributed by atoms with Crippen LogP contribution in [-0.4, -0.2) is 60.3 Å². The fourth-order valence-corrected chi connectivity index (χ4v) is 4.51. The number of nitrogens with zero attached hydrogens (tertiary/aromatic N) is 1. The van der Waals surface area contributed by atoms with Crippen molar-refractivity contribution in [2.45, 2.75) is 25.0 Å². The number of Topliss-reactive ketones (excluding diaryl/α,β-unsaturated/α-hetero) is 1. The maximum absolute atomic E-state index is 13.2. The molecule has 0 aliphatic carbocycles. The lowest BCUT2D eigenvalue weighted by Crippen LogP contribution is -2.36. The number of likely N-dealkylation sites (tertiary alicyclic amines) is 1. The number of benzene rings is 2. The number of aliphatic hydroxyl groups excluding tert-OH is 1. The highest BCUT2D eigenvalue weighted by molar-refractivity contribution is 6.46. The molecule has 2 aliphatic heterocycles. The van der Waals surface area contributed by atoms with Crippen molar-refractivity contribution >= 4 is 29.1 Å². The van der Waals surface area contributed by atoms with E-state index in [4.69, 9.17) is 25.8 Å². The van der Waals surface area contributed by atoms with Crippen molar-refractivity contribution in [3.63, 3.8) is 0 Å². The molecule has 2 saturated heterocycles. The highest BCUT2D eigenvalue weighted by atomic mass is 35.5. The Hall–Kier alpha value is -3.23. The van der Waals surface area contributed by atoms with Crippen LogP contribution < -0.4 is 9.47 Å². The molecular weight excluding hydrogens is 450 g/mol. The SMILES string of the molecule is COc1cc(OC)c(/C(O)=C2\C(=O)C(=O)N(CC3CCCO3)C2c2ccc(O)cc2)cc1Cl. The van der Waals surface area contributed by atoms with Gasteiger partial charge in [0.15, 0.2) is 0 Å². The summed E-state index contributed by atoms with van der Waals surface area (Å²) < 4.78 is 16.3. The van der Waals surface area contributed by atoms with Gasteiger partial charge in [-0.15, -0.1) is 0 Å². The maximum atomic E-state index is 13.2. The average Bonchev–Trinajstić information content (AvgIpc) is 3.41. The zero-order valence-electron chi connectivity index (χ0n) is 18.2. The van der Waals surface area contributed by atoms with Crippen LogP contribution in [0.4, 0.5) is 0 Å². The maximum Gasteiger partial charge on any atom is 0.295 e. The normalized spacial score (nSPS) is 22.1. The zero-order chi connectivity index (χ0) is 23.7. The molecule has 2 aromatic carbocycles. The van der Waals surface area contributed by atoms with E-state index in [1.807, 2.05) is 0 Å². The van der Waals surface area contributed by atoms with E-state index in [1.165, 1.54) is 43.4 Å². The molecule has 9 heteroatoms. The average molecular weight is 474 g/mol. The van der Waals surface area contributed by atoms with Crippen molar-refractivity contribution in [3.05, 3.63) is 58.1 Å². The predicted molar refractivity (Wildman–Crippen MR) is 121 cm³/mol. The number of aromatic hydroxyl groups is 1. The van der Waals surface area contributed by atoms with Gasteiger partial charge in [0.2, 0.25) is 0 Å². The number of carbonyl (C=O) groups is 2. The van der Waals surface area contributed by atoms with Crippen molar-refractivity contribution in [2.24, 2.45) is 0 Å². The summed E-state index contributed by atoms with van der Waals surface area (Å²) in [7, 11) is 2.86. The monoisotopic (exact) mass is 473 g/mol. The molecule has 33 heavy (non-hydrogen) atoms. The highest BCUT2D eigenvalue weighted by Crippen LogP contribution is 2.43. The molecule has 1 amide bonds. The minimum absolute atomic E-state index is 0.0402. The Balaban J connectivity index is 1.88. The van der Waals surface area contributed by atoms with Crippen LogP contribution in [0.1, 0.15) is 30.0 Å². The van der Waals surface area contributed by atoms with Crippen molar-refractivity contribution < 1.29 is 34.0 Å². The number of rotatable bonds is 6. The van der Waals surface area contributed by atoms with Crippen molar-refractivity contribution in [1.29, 1.82) is 0 Å². The number of ether oxygens (including phenoxy) is 3. The van der Waals surface area contributed by atoms with Gasteiger partial charge in [0, 0.05) is 19.2 Å². The van der Waals surface area contributed by atoms with E-state index in [0.29, 0.717) is 17.9 Å². The van der Waals surface area contributed by atoms with E-state index < -0.39 is 23.5 Å². The zero-order valence-corrected chi connectivity index (χ0v) is 19.0. The first kappa shape index (κ1) is 22.9. The quantitative estimate of drug-likeness (QED) is 0.374. The largest absolute Gasteiger partial charge is 0.508 e. The van der Waals surface area contributed by atoms with Gasteiger partial charge in [0.05, 0.1) is 42.5 Å². The third-order valence-corrected chi connectivity index (χ3v) is 6.20. The Bertz CT molecular complexity index is 1110. The molecule has 4 rings (SSSR count). The van der Waals surface area contributed by atoms with Crippen LogP contribution >= 0.6 is 11.6 Å². The Morgan fingerprint density at radius 1 is 1.15 bits per heavy atom. The second-order valence-electron chi connectivity index (χ2n) is 7.87. The van der Waals surface area contributed by atoms with Crippen LogP contribution in [0, 0.1) is 0 Å². The third-order valence-electron chi connectivity index (χ3n) is 5.90. The molecule has 2 aromatic rings. The van der Waals surface area contributed by atoms with E-state index in [2.05, 4.69) is 0 Å². The number of phenols is 1. The van der Waals surface area contributed by atoms with E-state index >= 15 is 0 Å². The van der Waals surface area contributed by atoms with Crippen molar-refractivity contribution in [1.82, 2.24) is 4.90 Å². The summed E-state index contributed by atoms with van der Waals surface area (Å²) in [6, 6.07) is 8.20. The molecule has 2 unspecified atom stereocenters. The highest BCUT2D eigenvalue weighted by Gasteiger charge is 2.47. The summed E-state index contributed by atoms with van der Waals surface area (Å²) in [6.45, 7) is 0.799. The van der Waals surface area contributed by atoms with Crippen LogP contribution in [0.15, 0.2) is 42.0 Å². The van der Waals surface area contributed by atoms with Crippen molar-refractivity contribution in [2.75, 3.05) is 27.4 Å². The van der Waals surface area contributed by atoms with Gasteiger partial charge in [-0.2, -0.15) is 0 Å². The summed E-state index contributed by atoms with van der Waals surface area (Å²) in [6.07, 6.45) is 1.44. The van der Waals surface area contributed by atoms with Gasteiger partial charge >= 0.3 is 0 Å². The van der Waals surface area contributed by atoms with Crippen molar-refractivity contribution in [3.8, 4) is 17.2 Å². The molecule has 174 valence electrons. The molecule has 0 radical (unpaired) electrons. The van der Waals surface area contributed by atoms with E-state index in [1.54, 1.807) is 12.1 Å². The smallest absolute Gasteiger partial charge is 0.295 e. The first-order valence-corrected chi connectivity index (χ1v) is 10.8. The standard InChI is InChI=1S/C24H24ClNO7/c1-31-18-11-19(32-2)17(25)10-16(18)22(28)20-21(13-5-7-14(27)8-6-13)26(24(30)23(20)29)12-15-4-3-9-33-15/h5-8,10-11,15,21,27-28H,3-4,9,12H2,1-2H3/b22-20+. The third kappa shape index (κ3) is 4.24. The fraction of sp³-hybridized carbons (Fsp3) is 0.333. The Morgan fingerprint density at radius 3 is 2.45 bits per heavy atom. The molecule has 0 bridgehead atoms. The molecule has 0 aromatic heterocycles. The lowest BCUT2D eigenvalue weighted by Gasteiger charge is -2.27. The Kier molecular flexibility index (Phi) is 6.49. The molecule has 2 fully saturated rings. The van der Waals surface area contributed by atoms with Crippen LogP contribution in [0.5, 0.6) is 17.2 Å². The Morgan fingerprint density at radius 2 is 1.85 bits per heavy atom. The summed E-state index contributed by atoms with van der Waals surface area (Å²) >= 11 is 6.27. The predicted octanol–water partition coefficient (Wildman–Crippen LogP) is 3.66. The number of ketones is 1. The second kappa shape index (κ2) is 9.33. The molecule has 2 atom stereocenters. The molecule has 0 spiro atoms. The summed E-state index contributed by atoms with van der Waals surface area (Å²) in [4.78, 5) is 27.6. The topological polar surface area (TPSA) is 106 Å². The summed E-state index contributed by atoms with van der Waals surface area (Å²) in [5.74, 6) is -1.37. The van der Waals surface area contributed by atoms with Gasteiger partial charge in [-0.05, 0) is 36.6 Å². The number of phenolic OH excluding ortho intramolecular Hbond substituents is 1. The van der Waals surface area contributed by atoms with Gasteiger partial charge in [-0.25, -0.2) is 0 Å². The van der Waals surface area contributed by atoms with Crippen LogP contribution in [0.2, 0.25) is 5.02 Å². The van der Waals surface area contributed by atoms with Crippen LogP contribution in [0.3, 0.4) is 0 Å². The second-order valence-corrected chi connectivity index (χ2v) is 8.27. The van der Waals surface area contributed by atoms with Crippen LogP contribution in [0.25, 0.3) is 5.76 Å². The lowest BCUT2D eigenvalue weighted by molar-refractivity contribution is -0.140. The van der Waals surface area contributed by atoms with Gasteiger partial charge < -0.3 is 29.3 Å². The van der Waals surface area contributed by atoms with Gasteiger partial charge in [-0.3, -0.25) is 9.59 Å². The Labute approximate surface area is 195 Å². The summed E-state index contributed by atoms with van der Waals surface area (Å²) in [5.41, 5.74) is 0.621. The number of aliphatic hydroxyl groups is 1. The van der Waals surface area contributed by atoms with Gasteiger partial charge in [0.25, 0.3) is 11.7 Å². The molecular formula is C24H24ClNO7. The van der Waals surface area contributed by atoms with E-state index in [-0.39, 0.29) is 40.3 Å². The first-order chi connectivity index (χ1) is 15.8. The number of amides is 1. The minimum Gasteiger partial charge on any atom is -0.508 e. The summed E-state index contributed by atoms with van der Waals surface area (Å²) in [5, 5.41) is 21.2. The van der Waals surface area contributed by atoms with Crippen LogP contribution in [-0.2, 0) is 14.3 Å². The van der Waals surface area contributed by atoms with E-state index in [0.717, 1.165) is 12.8 Å². The molecule has 8 nitrogen and oxygen atoms in total. The van der Waals surface area contributed by atoms with Gasteiger partial charge in [-0.1, -0.05) is 23.7 Å². The number of carbonyl (C=O) groups excluding carboxylic acids is 2. The fourth-order valence-electron chi connectivity index (χ4n) is 4.27. The number of halogens is 1. The molecule has 2 N–H and O–H groups in total. The number of hydrogen-bond donors (Lipinski definition) is 2. The molecule has 0 saturated carbocycles. The molecule has 2 aliphatic rings. The van der Waals surface area contributed by atoms with E-state index in [9.17, 15) is 19.8 Å². The molecule has 2 heterocycles. The lowest BCUT2D eigenvalue weighted by atomic mass is 9.94. The van der Waals surface area contributed by atoms with Gasteiger partial charge in [0.1, 0.15) is 23.0 Å². The minimum atomic E-state index is -0.875.